The van der Waals surface area contributed by atoms with E-state index < -0.39 is 15.7 Å². The van der Waals surface area contributed by atoms with Crippen LogP contribution in [-0.4, -0.2) is 34.3 Å². The third kappa shape index (κ3) is 1.51. The molecule has 0 atom stereocenters. The molecule has 0 aliphatic carbocycles. The van der Waals surface area contributed by atoms with Gasteiger partial charge in [0.15, 0.2) is 0 Å². The molecule has 0 saturated carbocycles. The van der Waals surface area contributed by atoms with Gasteiger partial charge in [0.05, 0.1) is 0 Å². The van der Waals surface area contributed by atoms with Crippen molar-refractivity contribution in [2.24, 2.45) is 0 Å². The van der Waals surface area contributed by atoms with Crippen LogP contribution in [0.4, 0.5) is 0 Å². The third-order valence-corrected chi connectivity index (χ3v) is 18.6. The summed E-state index contributed by atoms with van der Waals surface area (Å²) in [5.41, 5.74) is 2.37. The summed E-state index contributed by atoms with van der Waals surface area (Å²) in [6.45, 7) is 0. The highest BCUT2D eigenvalue weighted by atomic mass is 35.6. The quantitative estimate of drug-likeness (QED) is 0.455. The van der Waals surface area contributed by atoms with Gasteiger partial charge in [-0.25, -0.2) is 0 Å². The molecule has 1 fully saturated rings. The third-order valence-electron chi connectivity index (χ3n) is 1.87. The standard InChI is InChI=1S/C4H11Cl2NSi2/c1-7(2)9(6)3-8(5)4-9/h8H,3-4H2,1-2H3. The van der Waals surface area contributed by atoms with Crippen LogP contribution in [-0.2, 0) is 0 Å². The molecule has 54 valence electrons. The molecule has 1 saturated heterocycles. The van der Waals surface area contributed by atoms with E-state index in [9.17, 15) is 0 Å². The summed E-state index contributed by atoms with van der Waals surface area (Å²) < 4.78 is 2.19. The van der Waals surface area contributed by atoms with E-state index in [-0.39, 0.29) is 0 Å². The topological polar surface area (TPSA) is 3.24 Å². The molecular formula is C4H11Cl2NSi2. The minimum absolute atomic E-state index is 0.790. The van der Waals surface area contributed by atoms with Gasteiger partial charge in [0, 0.05) is 0 Å². The Morgan fingerprint density at radius 3 is 2.00 bits per heavy atom. The molecule has 1 nitrogen and oxygen atoms in total. The fraction of sp³-hybridized carbons (Fsp3) is 1.00. The van der Waals surface area contributed by atoms with Gasteiger partial charge < -0.3 is 4.57 Å². The fourth-order valence-corrected chi connectivity index (χ4v) is 18.2. The molecule has 0 bridgehead atoms. The van der Waals surface area contributed by atoms with Crippen LogP contribution in [0.25, 0.3) is 0 Å². The maximum absolute atomic E-state index is 6.25. The lowest BCUT2D eigenvalue weighted by molar-refractivity contribution is 0.630. The van der Waals surface area contributed by atoms with Crippen LogP contribution in [0.5, 0.6) is 0 Å². The van der Waals surface area contributed by atoms with Gasteiger partial charge in [-0.15, -0.1) is 11.1 Å². The van der Waals surface area contributed by atoms with Gasteiger partial charge in [-0.05, 0) is 25.4 Å². The van der Waals surface area contributed by atoms with Crippen molar-refractivity contribution in [1.29, 1.82) is 0 Å². The van der Waals surface area contributed by atoms with Gasteiger partial charge in [-0.1, -0.05) is 0 Å². The van der Waals surface area contributed by atoms with Gasteiger partial charge in [-0.2, -0.15) is 11.1 Å². The zero-order valence-corrected chi connectivity index (χ0v) is 9.36. The van der Waals surface area contributed by atoms with Crippen LogP contribution in [0.3, 0.4) is 0 Å². The predicted molar refractivity (Wildman–Crippen MR) is 47.9 cm³/mol. The molecule has 5 heteroatoms. The first-order valence-electron chi connectivity index (χ1n) is 3.05. The van der Waals surface area contributed by atoms with Crippen molar-refractivity contribution < 1.29 is 0 Å². The van der Waals surface area contributed by atoms with Gasteiger partial charge in [0.1, 0.15) is 8.11 Å². The van der Waals surface area contributed by atoms with Crippen molar-refractivity contribution >= 4 is 37.8 Å². The van der Waals surface area contributed by atoms with Crippen LogP contribution >= 0.6 is 22.2 Å². The zero-order valence-electron chi connectivity index (χ0n) is 5.69. The van der Waals surface area contributed by atoms with Crippen molar-refractivity contribution in [2.45, 2.75) is 11.3 Å². The maximum Gasteiger partial charge on any atom is 0.225 e. The summed E-state index contributed by atoms with van der Waals surface area (Å²) in [4.78, 5) is 0. The molecule has 1 heterocycles. The van der Waals surface area contributed by atoms with E-state index >= 15 is 0 Å². The average molecular weight is 200 g/mol. The number of hydrogen-bond acceptors (Lipinski definition) is 1. The second-order valence-electron chi connectivity index (χ2n) is 2.82. The Labute approximate surface area is 68.0 Å². The Morgan fingerprint density at radius 1 is 1.44 bits per heavy atom. The van der Waals surface area contributed by atoms with E-state index in [1.807, 2.05) is 0 Å². The van der Waals surface area contributed by atoms with Crippen LogP contribution < -0.4 is 0 Å². The molecule has 1 aliphatic heterocycles. The fourth-order valence-electron chi connectivity index (χ4n) is 0.984. The molecule has 9 heavy (non-hydrogen) atoms. The minimum atomic E-state index is -1.40. The molecule has 1 aliphatic rings. The monoisotopic (exact) mass is 199 g/mol. The van der Waals surface area contributed by atoms with Crippen LogP contribution in [0.2, 0.25) is 11.3 Å². The second kappa shape index (κ2) is 2.54. The van der Waals surface area contributed by atoms with Crippen molar-refractivity contribution in [2.75, 3.05) is 14.1 Å². The molecule has 0 aromatic rings. The summed E-state index contributed by atoms with van der Waals surface area (Å²) in [5, 5.41) is 0. The second-order valence-corrected chi connectivity index (χ2v) is 14.0. The lowest BCUT2D eigenvalue weighted by Crippen LogP contribution is -2.57. The van der Waals surface area contributed by atoms with Crippen LogP contribution in [0.15, 0.2) is 0 Å². The van der Waals surface area contributed by atoms with Crippen molar-refractivity contribution in [3.05, 3.63) is 0 Å². The largest absolute Gasteiger partial charge is 0.318 e. The summed E-state index contributed by atoms with van der Waals surface area (Å²) in [7, 11) is 1.94. The first kappa shape index (κ1) is 8.07. The van der Waals surface area contributed by atoms with E-state index in [1.165, 1.54) is 11.3 Å². The van der Waals surface area contributed by atoms with Crippen molar-refractivity contribution in [3.8, 4) is 0 Å². The molecule has 1 rings (SSSR count). The van der Waals surface area contributed by atoms with E-state index in [4.69, 9.17) is 22.2 Å². The molecule has 0 N–H and O–H groups in total. The molecule has 0 unspecified atom stereocenters. The number of hydrogen-bond donors (Lipinski definition) is 0. The van der Waals surface area contributed by atoms with E-state index in [1.54, 1.807) is 0 Å². The molecule has 0 amide bonds. The highest BCUT2D eigenvalue weighted by molar-refractivity contribution is 7.38. The van der Waals surface area contributed by atoms with Gasteiger partial charge in [-0.3, -0.25) is 0 Å². The van der Waals surface area contributed by atoms with Gasteiger partial charge >= 0.3 is 0 Å². The zero-order chi connectivity index (χ0) is 7.07. The average Bonchev–Trinajstić information content (AvgIpc) is 1.62. The Bertz CT molecular complexity index is 113. The first-order chi connectivity index (χ1) is 4.04. The van der Waals surface area contributed by atoms with Crippen LogP contribution in [0.1, 0.15) is 0 Å². The maximum atomic E-state index is 6.25. The molecule has 0 aromatic heterocycles. The van der Waals surface area contributed by atoms with Crippen LogP contribution in [0, 0.1) is 0 Å². The molecule has 0 aromatic carbocycles. The lowest BCUT2D eigenvalue weighted by Gasteiger charge is -2.41. The number of halogens is 2. The van der Waals surface area contributed by atoms with E-state index in [2.05, 4.69) is 18.7 Å². The summed E-state index contributed by atoms with van der Waals surface area (Å²) in [5.74, 6) is 0. The molecular weight excluding hydrogens is 189 g/mol. The number of rotatable bonds is 1. The number of nitrogens with zero attached hydrogens (tertiary/aromatic N) is 1. The Morgan fingerprint density at radius 2 is 1.89 bits per heavy atom. The Balaban J connectivity index is 2.40. The smallest absolute Gasteiger partial charge is 0.225 e. The predicted octanol–water partition coefficient (Wildman–Crippen LogP) is 1.28. The molecule has 0 spiro atoms. The summed E-state index contributed by atoms with van der Waals surface area (Å²) in [6.07, 6.45) is 0. The minimum Gasteiger partial charge on any atom is -0.318 e. The first-order valence-corrected chi connectivity index (χ1v) is 9.80. The van der Waals surface area contributed by atoms with E-state index in [0.717, 1.165) is 0 Å². The lowest BCUT2D eigenvalue weighted by atomic mass is 11.3. The van der Waals surface area contributed by atoms with Gasteiger partial charge in [0.25, 0.3) is 0 Å². The van der Waals surface area contributed by atoms with E-state index in [0.29, 0.717) is 0 Å². The summed E-state index contributed by atoms with van der Waals surface area (Å²) in [6, 6.07) is 0. The normalized spacial score (nSPS) is 43.0. The molecule has 0 radical (unpaired) electrons. The highest BCUT2D eigenvalue weighted by Crippen LogP contribution is 2.37. The van der Waals surface area contributed by atoms with Crippen molar-refractivity contribution in [1.82, 2.24) is 4.57 Å². The summed E-state index contributed by atoms with van der Waals surface area (Å²) >= 11 is 12.2. The Kier molecular flexibility index (Phi) is 2.28. The Hall–Kier alpha value is 0.974. The highest BCUT2D eigenvalue weighted by Gasteiger charge is 2.47. The van der Waals surface area contributed by atoms with Gasteiger partial charge in [0.2, 0.25) is 7.55 Å². The SMILES string of the molecule is CN(C)[Si]1(Cl)C[SiH](Cl)C1. The van der Waals surface area contributed by atoms with Crippen molar-refractivity contribution in [3.63, 3.8) is 0 Å².